The molecule has 0 aliphatic heterocycles. The minimum atomic E-state index is 0.733. The van der Waals surface area contributed by atoms with Crippen LogP contribution in [0.2, 0.25) is 0 Å². The van der Waals surface area contributed by atoms with Crippen LogP contribution in [0.4, 0.5) is 0 Å². The average Bonchev–Trinajstić information content (AvgIpc) is 2.53. The van der Waals surface area contributed by atoms with Crippen LogP contribution in [-0.2, 0) is 25.7 Å². The second kappa shape index (κ2) is 8.78. The summed E-state index contributed by atoms with van der Waals surface area (Å²) in [6, 6.07) is 18.4. The van der Waals surface area contributed by atoms with Crippen LogP contribution in [0.5, 0.6) is 0 Å². The van der Waals surface area contributed by atoms with Gasteiger partial charge in [0.05, 0.1) is 0 Å². The summed E-state index contributed by atoms with van der Waals surface area (Å²) in [5.74, 6) is 0.733. The number of hydrogen-bond acceptors (Lipinski definition) is 0. The van der Waals surface area contributed by atoms with Gasteiger partial charge in [0, 0.05) is 0 Å². The quantitative estimate of drug-likeness (QED) is 0.559. The summed E-state index contributed by atoms with van der Waals surface area (Å²) in [5, 5.41) is 0. The third-order valence-electron chi connectivity index (χ3n) is 4.21. The van der Waals surface area contributed by atoms with E-state index in [-0.39, 0.29) is 0 Å². The summed E-state index contributed by atoms with van der Waals surface area (Å²) < 4.78 is 0. The molecule has 0 radical (unpaired) electrons. The van der Waals surface area contributed by atoms with Crippen LogP contribution in [0.25, 0.3) is 0 Å². The van der Waals surface area contributed by atoms with Crippen LogP contribution >= 0.6 is 0 Å². The third-order valence-corrected chi connectivity index (χ3v) is 4.21. The van der Waals surface area contributed by atoms with E-state index in [1.165, 1.54) is 47.9 Å². The van der Waals surface area contributed by atoms with Gasteiger partial charge in [-0.15, -0.1) is 0 Å². The van der Waals surface area contributed by atoms with Gasteiger partial charge in [-0.2, -0.15) is 0 Å². The summed E-state index contributed by atoms with van der Waals surface area (Å²) >= 11 is 0. The van der Waals surface area contributed by atoms with E-state index in [9.17, 15) is 0 Å². The fraction of sp³-hybridized carbons (Fsp3) is 0.455. The lowest BCUT2D eigenvalue weighted by molar-refractivity contribution is 0.647. The molecule has 0 nitrogen and oxygen atoms in total. The highest BCUT2D eigenvalue weighted by Crippen LogP contribution is 2.13. The fourth-order valence-electron chi connectivity index (χ4n) is 2.86. The number of hydrogen-bond donors (Lipinski definition) is 0. The van der Waals surface area contributed by atoms with Gasteiger partial charge in [0.2, 0.25) is 0 Å². The number of aryl methyl sites for hydroxylation is 3. The Bertz CT molecular complexity index is 531. The topological polar surface area (TPSA) is 0 Å². The van der Waals surface area contributed by atoms with Crippen LogP contribution in [0, 0.1) is 5.92 Å². The summed E-state index contributed by atoms with van der Waals surface area (Å²) in [5.41, 5.74) is 5.83. The van der Waals surface area contributed by atoms with Crippen molar-refractivity contribution < 1.29 is 0 Å². The monoisotopic (exact) mass is 294 g/mol. The van der Waals surface area contributed by atoms with Gasteiger partial charge in [0.15, 0.2) is 0 Å². The molecular formula is C22H30. The van der Waals surface area contributed by atoms with Gasteiger partial charge in [-0.1, -0.05) is 75.7 Å². The Morgan fingerprint density at radius 3 is 1.45 bits per heavy atom. The first-order valence-corrected chi connectivity index (χ1v) is 8.83. The van der Waals surface area contributed by atoms with E-state index in [0.717, 1.165) is 18.8 Å². The first-order chi connectivity index (χ1) is 10.7. The van der Waals surface area contributed by atoms with Crippen molar-refractivity contribution >= 4 is 0 Å². The van der Waals surface area contributed by atoms with Crippen molar-refractivity contribution in [3.63, 3.8) is 0 Å². The van der Waals surface area contributed by atoms with Crippen molar-refractivity contribution in [2.24, 2.45) is 5.92 Å². The molecule has 0 aliphatic rings. The largest absolute Gasteiger partial charge is 0.0654 e. The Kier molecular flexibility index (Phi) is 6.71. The van der Waals surface area contributed by atoms with Gasteiger partial charge in [-0.3, -0.25) is 0 Å². The molecule has 2 rings (SSSR count). The molecule has 0 heterocycles. The molecular weight excluding hydrogens is 264 g/mol. The molecule has 0 unspecified atom stereocenters. The fourth-order valence-corrected chi connectivity index (χ4v) is 2.86. The van der Waals surface area contributed by atoms with Gasteiger partial charge >= 0.3 is 0 Å². The van der Waals surface area contributed by atoms with Crippen LogP contribution in [0.1, 0.15) is 55.9 Å². The van der Waals surface area contributed by atoms with Crippen LogP contribution in [0.3, 0.4) is 0 Å². The van der Waals surface area contributed by atoms with Crippen molar-refractivity contribution in [3.8, 4) is 0 Å². The molecule has 0 atom stereocenters. The molecule has 118 valence electrons. The molecule has 2 aromatic carbocycles. The molecule has 0 N–H and O–H groups in total. The standard InChI is InChI=1S/C22H30/c1-4-5-6-19-7-9-20(10-8-19)11-12-21-13-15-22(16-14-21)17-18(2)3/h7-10,13-16,18H,4-6,11-12,17H2,1-3H3. The Morgan fingerprint density at radius 1 is 0.636 bits per heavy atom. The summed E-state index contributed by atoms with van der Waals surface area (Å²) in [4.78, 5) is 0. The molecule has 0 spiro atoms. The zero-order valence-electron chi connectivity index (χ0n) is 14.4. The van der Waals surface area contributed by atoms with Crippen LogP contribution in [0.15, 0.2) is 48.5 Å². The number of rotatable bonds is 8. The Balaban J connectivity index is 1.84. The van der Waals surface area contributed by atoms with Crippen LogP contribution in [-0.4, -0.2) is 0 Å². The van der Waals surface area contributed by atoms with E-state index in [4.69, 9.17) is 0 Å². The molecule has 0 amide bonds. The Morgan fingerprint density at radius 2 is 1.05 bits per heavy atom. The highest BCUT2D eigenvalue weighted by Gasteiger charge is 2.00. The predicted molar refractivity (Wildman–Crippen MR) is 97.4 cm³/mol. The van der Waals surface area contributed by atoms with Crippen LogP contribution < -0.4 is 0 Å². The number of unbranched alkanes of at least 4 members (excludes halogenated alkanes) is 1. The lowest BCUT2D eigenvalue weighted by Gasteiger charge is -2.07. The van der Waals surface area contributed by atoms with Gasteiger partial charge in [-0.05, 0) is 60.3 Å². The second-order valence-corrected chi connectivity index (χ2v) is 6.83. The summed E-state index contributed by atoms with van der Waals surface area (Å²) in [7, 11) is 0. The normalized spacial score (nSPS) is 11.1. The van der Waals surface area contributed by atoms with Gasteiger partial charge in [-0.25, -0.2) is 0 Å². The zero-order chi connectivity index (χ0) is 15.8. The maximum Gasteiger partial charge on any atom is -0.0238 e. The lowest BCUT2D eigenvalue weighted by Crippen LogP contribution is -1.96. The van der Waals surface area contributed by atoms with Crippen molar-refractivity contribution in [3.05, 3.63) is 70.8 Å². The molecule has 0 saturated heterocycles. The van der Waals surface area contributed by atoms with E-state index in [0.29, 0.717) is 0 Å². The molecule has 0 heteroatoms. The maximum atomic E-state index is 2.30. The Labute approximate surface area is 136 Å². The van der Waals surface area contributed by atoms with E-state index < -0.39 is 0 Å². The minimum absolute atomic E-state index is 0.733. The van der Waals surface area contributed by atoms with E-state index in [1.54, 1.807) is 0 Å². The van der Waals surface area contributed by atoms with Gasteiger partial charge in [0.25, 0.3) is 0 Å². The molecule has 0 aromatic heterocycles. The zero-order valence-corrected chi connectivity index (χ0v) is 14.4. The minimum Gasteiger partial charge on any atom is -0.0654 e. The molecule has 0 fully saturated rings. The molecule has 0 bridgehead atoms. The molecule has 22 heavy (non-hydrogen) atoms. The Hall–Kier alpha value is -1.56. The maximum absolute atomic E-state index is 2.30. The van der Waals surface area contributed by atoms with Gasteiger partial charge < -0.3 is 0 Å². The highest BCUT2D eigenvalue weighted by molar-refractivity contribution is 5.26. The third kappa shape index (κ3) is 5.67. The molecule has 0 aliphatic carbocycles. The van der Waals surface area contributed by atoms with Crippen molar-refractivity contribution in [2.45, 2.75) is 59.3 Å². The smallest absolute Gasteiger partial charge is 0.0238 e. The summed E-state index contributed by atoms with van der Waals surface area (Å²) in [6.07, 6.45) is 7.23. The highest BCUT2D eigenvalue weighted by atomic mass is 14.1. The summed E-state index contributed by atoms with van der Waals surface area (Å²) in [6.45, 7) is 6.80. The van der Waals surface area contributed by atoms with E-state index in [1.807, 2.05) is 0 Å². The first-order valence-electron chi connectivity index (χ1n) is 8.83. The van der Waals surface area contributed by atoms with Crippen molar-refractivity contribution in [1.29, 1.82) is 0 Å². The predicted octanol–water partition coefficient (Wildman–Crippen LogP) is 6.01. The number of benzene rings is 2. The first kappa shape index (κ1) is 16.8. The van der Waals surface area contributed by atoms with Crippen molar-refractivity contribution in [2.75, 3.05) is 0 Å². The molecule has 2 aromatic rings. The average molecular weight is 294 g/mol. The van der Waals surface area contributed by atoms with E-state index >= 15 is 0 Å². The van der Waals surface area contributed by atoms with E-state index in [2.05, 4.69) is 69.3 Å². The van der Waals surface area contributed by atoms with Crippen molar-refractivity contribution in [1.82, 2.24) is 0 Å². The second-order valence-electron chi connectivity index (χ2n) is 6.83. The SMILES string of the molecule is CCCCc1ccc(CCc2ccc(CC(C)C)cc2)cc1. The lowest BCUT2D eigenvalue weighted by atomic mass is 9.98. The molecule has 0 saturated carbocycles. The van der Waals surface area contributed by atoms with Gasteiger partial charge in [0.1, 0.15) is 0 Å².